The minimum absolute atomic E-state index is 0.00195. The lowest BCUT2D eigenvalue weighted by Gasteiger charge is -2.07. The van der Waals surface area contributed by atoms with Crippen LogP contribution >= 0.6 is 0 Å². The molecule has 98 valence electrons. The van der Waals surface area contributed by atoms with Crippen molar-refractivity contribution >= 4 is 10.0 Å². The molecule has 2 rings (SSSR count). The zero-order chi connectivity index (χ0) is 13.7. The van der Waals surface area contributed by atoms with Crippen LogP contribution in [0.2, 0.25) is 0 Å². The standard InChI is InChI=1S/C12H12N4O2S/c13-9-10-3-1-2-4-12(10)19(17,18)15-8-6-11-5-7-14-16-11/h1-5,7,15H,6,8H2,(H,14,16). The highest BCUT2D eigenvalue weighted by molar-refractivity contribution is 7.89. The van der Waals surface area contributed by atoms with Gasteiger partial charge in [-0.2, -0.15) is 10.4 Å². The molecule has 1 heterocycles. The van der Waals surface area contributed by atoms with Gasteiger partial charge in [-0.05, 0) is 18.2 Å². The molecule has 0 aliphatic rings. The second-order valence-corrected chi connectivity index (χ2v) is 5.57. The van der Waals surface area contributed by atoms with Gasteiger partial charge in [0.2, 0.25) is 10.0 Å². The third-order valence-corrected chi connectivity index (χ3v) is 4.06. The van der Waals surface area contributed by atoms with E-state index in [4.69, 9.17) is 5.26 Å². The van der Waals surface area contributed by atoms with Gasteiger partial charge in [0, 0.05) is 24.9 Å². The zero-order valence-electron chi connectivity index (χ0n) is 10.00. The molecule has 0 saturated carbocycles. The maximum atomic E-state index is 12.1. The molecule has 1 aromatic heterocycles. The van der Waals surface area contributed by atoms with Gasteiger partial charge in [0.1, 0.15) is 6.07 Å². The zero-order valence-corrected chi connectivity index (χ0v) is 10.8. The van der Waals surface area contributed by atoms with Crippen LogP contribution < -0.4 is 4.72 Å². The van der Waals surface area contributed by atoms with Gasteiger partial charge in [0.05, 0.1) is 10.5 Å². The molecule has 0 bridgehead atoms. The first-order valence-corrected chi connectivity index (χ1v) is 7.09. The molecule has 0 radical (unpaired) electrons. The lowest BCUT2D eigenvalue weighted by atomic mass is 10.2. The number of H-pyrrole nitrogens is 1. The van der Waals surface area contributed by atoms with Gasteiger partial charge < -0.3 is 0 Å². The number of rotatable bonds is 5. The molecule has 0 aliphatic carbocycles. The Hall–Kier alpha value is -2.17. The second-order valence-electron chi connectivity index (χ2n) is 3.84. The number of aromatic amines is 1. The van der Waals surface area contributed by atoms with Gasteiger partial charge in [-0.15, -0.1) is 0 Å². The molecular weight excluding hydrogens is 264 g/mol. The molecule has 0 atom stereocenters. The van der Waals surface area contributed by atoms with Crippen LogP contribution in [0.4, 0.5) is 0 Å². The minimum Gasteiger partial charge on any atom is -0.283 e. The highest BCUT2D eigenvalue weighted by atomic mass is 32.2. The van der Waals surface area contributed by atoms with E-state index in [1.54, 1.807) is 24.4 Å². The average Bonchev–Trinajstić information content (AvgIpc) is 2.91. The van der Waals surface area contributed by atoms with E-state index >= 15 is 0 Å². The Kier molecular flexibility index (Phi) is 3.94. The van der Waals surface area contributed by atoms with Crippen LogP contribution in [-0.2, 0) is 16.4 Å². The normalized spacial score (nSPS) is 11.1. The molecule has 0 spiro atoms. The van der Waals surface area contributed by atoms with E-state index in [0.717, 1.165) is 5.69 Å². The first-order chi connectivity index (χ1) is 9.13. The van der Waals surface area contributed by atoms with E-state index in [9.17, 15) is 8.42 Å². The van der Waals surface area contributed by atoms with E-state index in [2.05, 4.69) is 14.9 Å². The summed E-state index contributed by atoms with van der Waals surface area (Å²) in [6.45, 7) is 0.240. The maximum Gasteiger partial charge on any atom is 0.241 e. The summed E-state index contributed by atoms with van der Waals surface area (Å²) in [5.41, 5.74) is 0.979. The highest BCUT2D eigenvalue weighted by Crippen LogP contribution is 2.13. The molecule has 0 amide bonds. The fourth-order valence-corrected chi connectivity index (χ4v) is 2.80. The number of nitriles is 1. The molecule has 7 heteroatoms. The van der Waals surface area contributed by atoms with Crippen LogP contribution in [-0.4, -0.2) is 25.2 Å². The summed E-state index contributed by atoms with van der Waals surface area (Å²) in [4.78, 5) is 0.00195. The average molecular weight is 276 g/mol. The van der Waals surface area contributed by atoms with Crippen molar-refractivity contribution in [2.45, 2.75) is 11.3 Å². The van der Waals surface area contributed by atoms with Crippen molar-refractivity contribution in [1.82, 2.24) is 14.9 Å². The predicted octanol–water partition coefficient (Wildman–Crippen LogP) is 0.802. The van der Waals surface area contributed by atoms with Gasteiger partial charge >= 0.3 is 0 Å². The number of nitrogens with zero attached hydrogens (tertiary/aromatic N) is 2. The summed E-state index contributed by atoms with van der Waals surface area (Å²) in [6, 6.07) is 9.75. The SMILES string of the molecule is N#Cc1ccccc1S(=O)(=O)NCCc1ccn[nH]1. The monoisotopic (exact) mass is 276 g/mol. The van der Waals surface area contributed by atoms with Crippen molar-refractivity contribution in [3.8, 4) is 6.07 Å². The third-order valence-electron chi connectivity index (χ3n) is 2.54. The van der Waals surface area contributed by atoms with Crippen molar-refractivity contribution in [2.24, 2.45) is 0 Å². The first-order valence-electron chi connectivity index (χ1n) is 5.60. The summed E-state index contributed by atoms with van der Waals surface area (Å²) >= 11 is 0. The van der Waals surface area contributed by atoms with Crippen LogP contribution in [0.25, 0.3) is 0 Å². The Balaban J connectivity index is 2.08. The van der Waals surface area contributed by atoms with Crippen LogP contribution in [0.15, 0.2) is 41.4 Å². The van der Waals surface area contributed by atoms with Crippen LogP contribution in [0.1, 0.15) is 11.3 Å². The van der Waals surface area contributed by atoms with Gasteiger partial charge in [-0.1, -0.05) is 12.1 Å². The lowest BCUT2D eigenvalue weighted by Crippen LogP contribution is -2.26. The van der Waals surface area contributed by atoms with E-state index in [1.165, 1.54) is 12.1 Å². The van der Waals surface area contributed by atoms with E-state index in [-0.39, 0.29) is 17.0 Å². The molecule has 0 unspecified atom stereocenters. The number of aromatic nitrogens is 2. The summed E-state index contributed by atoms with van der Waals surface area (Å²) < 4.78 is 26.6. The van der Waals surface area contributed by atoms with Crippen molar-refractivity contribution in [3.05, 3.63) is 47.8 Å². The lowest BCUT2D eigenvalue weighted by molar-refractivity contribution is 0.581. The molecule has 2 aromatic rings. The molecule has 2 N–H and O–H groups in total. The van der Waals surface area contributed by atoms with Crippen LogP contribution in [0.3, 0.4) is 0 Å². The third kappa shape index (κ3) is 3.19. The van der Waals surface area contributed by atoms with Crippen LogP contribution in [0, 0.1) is 11.3 Å². The molecule has 0 saturated heterocycles. The fourth-order valence-electron chi connectivity index (χ4n) is 1.62. The van der Waals surface area contributed by atoms with E-state index in [0.29, 0.717) is 6.42 Å². The number of benzene rings is 1. The summed E-state index contributed by atoms with van der Waals surface area (Å²) in [5, 5.41) is 15.4. The first kappa shape index (κ1) is 13.3. The number of sulfonamides is 1. The topological polar surface area (TPSA) is 98.6 Å². The molecule has 1 aromatic carbocycles. The van der Waals surface area contributed by atoms with Crippen molar-refractivity contribution in [3.63, 3.8) is 0 Å². The number of hydrogen-bond donors (Lipinski definition) is 2. The van der Waals surface area contributed by atoms with Gasteiger partial charge in [-0.25, -0.2) is 13.1 Å². The predicted molar refractivity (Wildman–Crippen MR) is 68.6 cm³/mol. The Morgan fingerprint density at radius 3 is 2.79 bits per heavy atom. The highest BCUT2D eigenvalue weighted by Gasteiger charge is 2.17. The minimum atomic E-state index is -3.66. The van der Waals surface area contributed by atoms with Crippen molar-refractivity contribution in [2.75, 3.05) is 6.54 Å². The Bertz CT molecular complexity index is 687. The number of nitrogens with one attached hydrogen (secondary N) is 2. The van der Waals surface area contributed by atoms with Gasteiger partial charge in [0.15, 0.2) is 0 Å². The van der Waals surface area contributed by atoms with E-state index in [1.807, 2.05) is 6.07 Å². The van der Waals surface area contributed by atoms with Gasteiger partial charge in [-0.3, -0.25) is 5.10 Å². The van der Waals surface area contributed by atoms with Crippen LogP contribution in [0.5, 0.6) is 0 Å². The van der Waals surface area contributed by atoms with Gasteiger partial charge in [0.25, 0.3) is 0 Å². The molecular formula is C12H12N4O2S. The second kappa shape index (κ2) is 5.65. The smallest absolute Gasteiger partial charge is 0.241 e. The Morgan fingerprint density at radius 2 is 2.11 bits per heavy atom. The quantitative estimate of drug-likeness (QED) is 0.843. The molecule has 0 aliphatic heterocycles. The van der Waals surface area contributed by atoms with Crippen molar-refractivity contribution < 1.29 is 8.42 Å². The van der Waals surface area contributed by atoms with Crippen molar-refractivity contribution in [1.29, 1.82) is 5.26 Å². The Labute approximate surface area is 111 Å². The number of hydrogen-bond acceptors (Lipinski definition) is 4. The fraction of sp³-hybridized carbons (Fsp3) is 0.167. The Morgan fingerprint density at radius 1 is 1.32 bits per heavy atom. The summed E-state index contributed by atoms with van der Waals surface area (Å²) in [5.74, 6) is 0. The molecule has 19 heavy (non-hydrogen) atoms. The summed E-state index contributed by atoms with van der Waals surface area (Å²) in [7, 11) is -3.66. The summed E-state index contributed by atoms with van der Waals surface area (Å²) in [6.07, 6.45) is 2.11. The maximum absolute atomic E-state index is 12.1. The van der Waals surface area contributed by atoms with E-state index < -0.39 is 10.0 Å². The molecule has 6 nitrogen and oxygen atoms in total. The molecule has 0 fully saturated rings. The largest absolute Gasteiger partial charge is 0.283 e.